The molecule has 0 aromatic carbocycles. The molecule has 696 valence electrons. The van der Waals surface area contributed by atoms with Gasteiger partial charge in [-0.2, -0.15) is 0 Å². The van der Waals surface area contributed by atoms with E-state index in [0.29, 0.717) is 109 Å². The van der Waals surface area contributed by atoms with Crippen molar-refractivity contribution in [1.29, 1.82) is 0 Å². The summed E-state index contributed by atoms with van der Waals surface area (Å²) in [6, 6.07) is -16.6. The molecule has 15 amide bonds. The molecule has 1 rings (SSSR count). The molecule has 0 spiro atoms. The zero-order valence-corrected chi connectivity index (χ0v) is 75.8. The van der Waals surface area contributed by atoms with E-state index < -0.39 is 173 Å². The Bertz CT molecular complexity index is 3180. The number of nitrogens with zero attached hydrogens (tertiary/aromatic N) is 1. The molecule has 36 heteroatoms. The third-order valence-electron chi connectivity index (χ3n) is 20.8. The first kappa shape index (κ1) is 111. The molecule has 0 aliphatic carbocycles. The van der Waals surface area contributed by atoms with Crippen molar-refractivity contribution >= 4 is 88.6 Å². The summed E-state index contributed by atoms with van der Waals surface area (Å²) in [7, 11) is 0. The summed E-state index contributed by atoms with van der Waals surface area (Å²) >= 11 is 0. The van der Waals surface area contributed by atoms with Gasteiger partial charge in [-0.05, 0) is 254 Å². The van der Waals surface area contributed by atoms with Gasteiger partial charge in [0.2, 0.25) is 88.6 Å². The van der Waals surface area contributed by atoms with Gasteiger partial charge in [0.25, 0.3) is 0 Å². The summed E-state index contributed by atoms with van der Waals surface area (Å²) in [4.78, 5) is 215. The largest absolute Gasteiger partial charge is 0.368 e. The summed E-state index contributed by atoms with van der Waals surface area (Å²) in [5, 5.41) is 36.6. The van der Waals surface area contributed by atoms with E-state index in [1.165, 1.54) is 11.8 Å². The number of unbranched alkanes of at least 4 members (excludes halogenated alkanes) is 6. The Hall–Kier alpha value is -8.19. The van der Waals surface area contributed by atoms with Crippen LogP contribution in [0.25, 0.3) is 0 Å². The maximum atomic E-state index is 14.9. The minimum Gasteiger partial charge on any atom is -0.368 e. The second kappa shape index (κ2) is 61.2. The molecule has 0 saturated carbocycles. The number of rotatable bonds is 65. The summed E-state index contributed by atoms with van der Waals surface area (Å²) in [6.45, 7) is 29.1. The van der Waals surface area contributed by atoms with Crippen LogP contribution in [-0.2, 0) is 71.9 Å². The van der Waals surface area contributed by atoms with Crippen LogP contribution in [0.3, 0.4) is 0 Å². The molecule has 121 heavy (non-hydrogen) atoms. The SMILES string of the molecule is CC(=O)N[C@@H](CCCCN)C(=O)N1CCC[C@H]1C(=O)N[C@@H](CC(C)C)C(=O)N[C@@H](CCCCN)C(=O)N[C@@H](CC(C)C)C(=O)N[C@@H](CC(C)C)C(=O)N[C@@H](CCCCN)C(=O)N[C@@H](CCCCN)C(=O)N[C@@H](CC(C)C)C(=O)N[C@@H](CC(C)C)C(=O)N[C@@H](CCCCN)C(=O)N[C@@H](CC(C)C)C(=O)N[C@@H](CC(C)C)C(=O)N[C@@H](CCCCN)C(N)=O. The summed E-state index contributed by atoms with van der Waals surface area (Å²) in [5.74, 6) is -11.4. The fourth-order valence-electron chi connectivity index (χ4n) is 14.5. The van der Waals surface area contributed by atoms with Gasteiger partial charge >= 0.3 is 0 Å². The van der Waals surface area contributed by atoms with E-state index in [9.17, 15) is 71.9 Å². The van der Waals surface area contributed by atoms with Gasteiger partial charge < -0.3 is 114 Å². The average Bonchev–Trinajstić information content (AvgIpc) is 1.82. The Morgan fingerprint density at radius 1 is 0.264 bits per heavy atom. The lowest BCUT2D eigenvalue weighted by atomic mass is 9.98. The normalized spacial score (nSPS) is 16.1. The lowest BCUT2D eigenvalue weighted by Gasteiger charge is -2.31. The topological polar surface area (TPSA) is 598 Å². The number of likely N-dealkylation sites (tertiary alicyclic amines) is 1. The van der Waals surface area contributed by atoms with E-state index in [1.54, 1.807) is 0 Å². The van der Waals surface area contributed by atoms with Gasteiger partial charge in [-0.3, -0.25) is 71.9 Å². The highest BCUT2D eigenvalue weighted by Gasteiger charge is 2.42. The van der Waals surface area contributed by atoms with Crippen molar-refractivity contribution < 1.29 is 71.9 Å². The molecular formula is C85H161N21O15. The van der Waals surface area contributed by atoms with Crippen molar-refractivity contribution in [3.8, 4) is 0 Å². The number of nitrogens with one attached hydrogen (secondary N) is 13. The minimum atomic E-state index is -1.31. The Kier molecular flexibility index (Phi) is 56.0. The van der Waals surface area contributed by atoms with E-state index in [2.05, 4.69) is 69.1 Å². The number of carbonyl (C=O) groups excluding carboxylic acids is 15. The highest BCUT2D eigenvalue weighted by Crippen LogP contribution is 2.23. The third kappa shape index (κ3) is 45.7. The van der Waals surface area contributed by atoms with Gasteiger partial charge in [0.1, 0.15) is 84.6 Å². The Morgan fingerprint density at radius 2 is 0.455 bits per heavy atom. The van der Waals surface area contributed by atoms with Gasteiger partial charge in [-0.15, -0.1) is 0 Å². The van der Waals surface area contributed by atoms with Crippen LogP contribution in [0.2, 0.25) is 0 Å². The van der Waals surface area contributed by atoms with E-state index in [4.69, 9.17) is 40.1 Å². The van der Waals surface area contributed by atoms with Gasteiger partial charge in [-0.25, -0.2) is 0 Å². The molecule has 14 atom stereocenters. The molecule has 1 fully saturated rings. The zero-order chi connectivity index (χ0) is 91.6. The van der Waals surface area contributed by atoms with Crippen LogP contribution in [0.5, 0.6) is 0 Å². The molecule has 1 aliphatic rings. The quantitative estimate of drug-likeness (QED) is 0.0376. The first-order chi connectivity index (χ1) is 57.1. The van der Waals surface area contributed by atoms with E-state index >= 15 is 0 Å². The van der Waals surface area contributed by atoms with Crippen molar-refractivity contribution in [3.05, 3.63) is 0 Å². The van der Waals surface area contributed by atoms with Gasteiger partial charge in [-0.1, -0.05) is 96.9 Å². The summed E-state index contributed by atoms with van der Waals surface area (Å²) in [5.41, 5.74) is 40.7. The smallest absolute Gasteiger partial charge is 0.245 e. The molecule has 1 aliphatic heterocycles. The highest BCUT2D eigenvalue weighted by molar-refractivity contribution is 6.00. The molecule has 0 aromatic heterocycles. The van der Waals surface area contributed by atoms with E-state index in [0.717, 1.165) is 0 Å². The van der Waals surface area contributed by atoms with Crippen LogP contribution in [-0.4, -0.2) is 224 Å². The first-order valence-corrected chi connectivity index (χ1v) is 44.8. The molecule has 36 nitrogen and oxygen atoms in total. The summed E-state index contributed by atoms with van der Waals surface area (Å²) < 4.78 is 0. The zero-order valence-electron chi connectivity index (χ0n) is 75.8. The minimum absolute atomic E-state index is 0.0331. The molecule has 0 bridgehead atoms. The van der Waals surface area contributed by atoms with Gasteiger partial charge in [0.15, 0.2) is 0 Å². The van der Waals surface area contributed by atoms with Crippen LogP contribution in [0, 0.1) is 41.4 Å². The lowest BCUT2D eigenvalue weighted by Crippen LogP contribution is -2.61. The van der Waals surface area contributed by atoms with Crippen LogP contribution in [0.4, 0.5) is 0 Å². The second-order valence-electron chi connectivity index (χ2n) is 35.7. The second-order valence-corrected chi connectivity index (χ2v) is 35.7. The maximum absolute atomic E-state index is 14.9. The fourth-order valence-corrected chi connectivity index (χ4v) is 14.5. The van der Waals surface area contributed by atoms with Crippen molar-refractivity contribution in [2.75, 3.05) is 45.8 Å². The third-order valence-corrected chi connectivity index (χ3v) is 20.8. The van der Waals surface area contributed by atoms with Crippen molar-refractivity contribution in [3.63, 3.8) is 0 Å². The lowest BCUT2D eigenvalue weighted by molar-refractivity contribution is -0.142. The number of carbonyl (C=O) groups is 15. The standard InChI is InChI=1S/C85H161N21O15/c1-50(2)43-64(77(113)94-58(72(92)108)29-16-22-36-86)102-81(117)67(46-53(7)8)100-75(111)61(32-19-25-39-89)97-79(115)66(45-52(5)6)104-82(118)68(47-54(9)10)99-74(110)60(31-18-24-38-88)95-73(109)59(30-17-23-37-87)96-78(114)65(44-51(3)4)103-83(119)69(48-55(11)12)101-76(112)62(33-20-26-40-90)98-80(116)70(49-56(13)14)105-84(120)71-35-28-42-106(71)85(121)63(93-57(15)107)34-21-27-41-91/h50-56,58-71H,16-49,86-91H2,1-15H3,(H2,92,108)(H,93,107)(H,94,113)(H,95,109)(H,96,114)(H,97,115)(H,98,116)(H,99,110)(H,100,111)(H,101,112)(H,102,117)(H,103,119)(H,104,118)(H,105,120)/t58-,59-,60-,61-,62-,63-,64-,65-,66-,67-,68-,69-,70-,71-/m0/s1. The molecule has 1 heterocycles. The number of primary amides is 1. The molecule has 1 saturated heterocycles. The number of nitrogens with two attached hydrogens (primary N) is 7. The molecule has 0 unspecified atom stereocenters. The summed E-state index contributed by atoms with van der Waals surface area (Å²) in [6.07, 6.45) is 7.87. The molecule has 0 aromatic rings. The van der Waals surface area contributed by atoms with Crippen molar-refractivity contribution in [2.24, 2.45) is 81.6 Å². The highest BCUT2D eigenvalue weighted by atomic mass is 16.2. The monoisotopic (exact) mass is 1720 g/mol. The van der Waals surface area contributed by atoms with Crippen LogP contribution in [0.15, 0.2) is 0 Å². The first-order valence-electron chi connectivity index (χ1n) is 44.8. The molecular weight excluding hydrogens is 1560 g/mol. The predicted octanol–water partition coefficient (Wildman–Crippen LogP) is 0.882. The van der Waals surface area contributed by atoms with Crippen LogP contribution in [0.1, 0.15) is 277 Å². The van der Waals surface area contributed by atoms with Crippen LogP contribution < -0.4 is 109 Å². The van der Waals surface area contributed by atoms with Crippen molar-refractivity contribution in [1.82, 2.24) is 74.0 Å². The average molecular weight is 1720 g/mol. The van der Waals surface area contributed by atoms with Gasteiger partial charge in [0, 0.05) is 13.5 Å². The number of amides is 15. The molecule has 27 N–H and O–H groups in total. The van der Waals surface area contributed by atoms with E-state index in [-0.39, 0.29) is 151 Å². The number of hydrogen-bond donors (Lipinski definition) is 20. The number of hydrogen-bond acceptors (Lipinski definition) is 21. The van der Waals surface area contributed by atoms with Crippen LogP contribution >= 0.6 is 0 Å². The van der Waals surface area contributed by atoms with Crippen molar-refractivity contribution in [2.45, 2.75) is 362 Å². The fraction of sp³-hybridized carbons (Fsp3) is 0.824. The maximum Gasteiger partial charge on any atom is 0.245 e. The Balaban J connectivity index is 3.74. The predicted molar refractivity (Wildman–Crippen MR) is 468 cm³/mol. The molecule has 0 radical (unpaired) electrons. The Labute approximate surface area is 720 Å². The Morgan fingerprint density at radius 3 is 0.661 bits per heavy atom. The van der Waals surface area contributed by atoms with Gasteiger partial charge in [0.05, 0.1) is 0 Å². The van der Waals surface area contributed by atoms with E-state index in [1.807, 2.05) is 96.9 Å².